The number of pyridine rings is 1. The molecule has 1 atom stereocenters. The van der Waals surface area contributed by atoms with Crippen LogP contribution in [0.25, 0.3) is 0 Å². The number of hydrogen-bond acceptors (Lipinski definition) is 4. The molecule has 1 aromatic heterocycles. The maximum absolute atomic E-state index is 12.4. The first-order chi connectivity index (χ1) is 9.60. The van der Waals surface area contributed by atoms with E-state index in [-0.39, 0.29) is 24.3 Å². The summed E-state index contributed by atoms with van der Waals surface area (Å²) in [6.45, 7) is 2.96. The van der Waals surface area contributed by atoms with Gasteiger partial charge in [-0.1, -0.05) is 0 Å². The molecule has 0 spiro atoms. The predicted molar refractivity (Wildman–Crippen MR) is 73.3 cm³/mol. The Morgan fingerprint density at radius 2 is 2.40 bits per heavy atom. The summed E-state index contributed by atoms with van der Waals surface area (Å²) < 4.78 is 5.05. The third-order valence-corrected chi connectivity index (χ3v) is 3.37. The molecule has 2 rings (SSSR count). The number of carbonyl (C=O) groups excluding carboxylic acids is 2. The number of rotatable bonds is 3. The third-order valence-electron chi connectivity index (χ3n) is 3.37. The minimum atomic E-state index is -0.0752. The predicted octanol–water partition coefficient (Wildman–Crippen LogP) is 0.370. The summed E-state index contributed by atoms with van der Waals surface area (Å²) in [5.41, 5.74) is 0.859. The molecule has 20 heavy (non-hydrogen) atoms. The highest BCUT2D eigenvalue weighted by Crippen LogP contribution is 2.13. The van der Waals surface area contributed by atoms with Crippen molar-refractivity contribution in [2.24, 2.45) is 0 Å². The molecule has 1 aliphatic rings. The highest BCUT2D eigenvalue weighted by Gasteiger charge is 2.25. The van der Waals surface area contributed by atoms with Gasteiger partial charge in [-0.2, -0.15) is 0 Å². The van der Waals surface area contributed by atoms with Gasteiger partial charge in [0.25, 0.3) is 0 Å². The number of amides is 2. The zero-order chi connectivity index (χ0) is 14.5. The van der Waals surface area contributed by atoms with Crippen LogP contribution >= 0.6 is 0 Å². The van der Waals surface area contributed by atoms with Crippen molar-refractivity contribution in [3.8, 4) is 5.88 Å². The highest BCUT2D eigenvalue weighted by atomic mass is 16.5. The third kappa shape index (κ3) is 3.46. The molecular formula is C14H19N3O3. The second kappa shape index (κ2) is 6.36. The average Bonchev–Trinajstić information content (AvgIpc) is 2.59. The molecule has 6 heteroatoms. The molecule has 0 saturated carbocycles. The van der Waals surface area contributed by atoms with E-state index in [1.54, 1.807) is 30.3 Å². The summed E-state index contributed by atoms with van der Waals surface area (Å²) >= 11 is 0. The summed E-state index contributed by atoms with van der Waals surface area (Å²) in [5, 5.41) is 2.78. The van der Waals surface area contributed by atoms with E-state index in [0.29, 0.717) is 25.4 Å². The van der Waals surface area contributed by atoms with Gasteiger partial charge in [-0.05, 0) is 18.6 Å². The van der Waals surface area contributed by atoms with Crippen molar-refractivity contribution in [2.45, 2.75) is 25.8 Å². The van der Waals surface area contributed by atoms with Crippen LogP contribution in [-0.2, 0) is 16.0 Å². The Balaban J connectivity index is 2.04. The van der Waals surface area contributed by atoms with Crippen molar-refractivity contribution >= 4 is 11.8 Å². The first-order valence-corrected chi connectivity index (χ1v) is 6.65. The number of methoxy groups -OCH3 is 1. The first kappa shape index (κ1) is 14.3. The van der Waals surface area contributed by atoms with E-state index in [1.807, 2.05) is 6.92 Å². The van der Waals surface area contributed by atoms with E-state index in [1.165, 1.54) is 0 Å². The average molecular weight is 277 g/mol. The fourth-order valence-corrected chi connectivity index (χ4v) is 2.31. The fraction of sp³-hybridized carbons (Fsp3) is 0.500. The molecule has 0 aromatic carbocycles. The van der Waals surface area contributed by atoms with E-state index < -0.39 is 0 Å². The summed E-state index contributed by atoms with van der Waals surface area (Å²) in [7, 11) is 1.54. The molecule has 1 aromatic rings. The monoisotopic (exact) mass is 277 g/mol. The van der Waals surface area contributed by atoms with E-state index in [9.17, 15) is 9.59 Å². The number of aromatic nitrogens is 1. The Bertz CT molecular complexity index is 504. The SMILES string of the molecule is COc1cc(CC(=O)N2CCNC(=O)CC2C)ccn1. The Hall–Kier alpha value is -2.11. The normalized spacial score (nSPS) is 19.2. The lowest BCUT2D eigenvalue weighted by Crippen LogP contribution is -2.40. The molecule has 0 aliphatic carbocycles. The van der Waals surface area contributed by atoms with Gasteiger partial charge < -0.3 is 15.0 Å². The maximum atomic E-state index is 12.4. The maximum Gasteiger partial charge on any atom is 0.227 e. The van der Waals surface area contributed by atoms with Crippen LogP contribution in [0.4, 0.5) is 0 Å². The van der Waals surface area contributed by atoms with Gasteiger partial charge in [0.05, 0.1) is 13.5 Å². The van der Waals surface area contributed by atoms with Crippen LogP contribution in [-0.4, -0.2) is 47.9 Å². The molecule has 108 valence electrons. The Morgan fingerprint density at radius 1 is 1.60 bits per heavy atom. The lowest BCUT2D eigenvalue weighted by atomic mass is 10.1. The quantitative estimate of drug-likeness (QED) is 0.866. The summed E-state index contributed by atoms with van der Waals surface area (Å²) in [5.74, 6) is 0.511. The van der Waals surface area contributed by atoms with Gasteiger partial charge in [0.1, 0.15) is 0 Å². The molecule has 2 amide bonds. The fourth-order valence-electron chi connectivity index (χ4n) is 2.31. The molecule has 0 bridgehead atoms. The van der Waals surface area contributed by atoms with Crippen molar-refractivity contribution in [1.82, 2.24) is 15.2 Å². The van der Waals surface area contributed by atoms with E-state index in [4.69, 9.17) is 4.74 Å². The molecular weight excluding hydrogens is 258 g/mol. The van der Waals surface area contributed by atoms with E-state index in [2.05, 4.69) is 10.3 Å². The van der Waals surface area contributed by atoms with Gasteiger partial charge in [-0.25, -0.2) is 4.98 Å². The molecule has 1 aliphatic heterocycles. The minimum absolute atomic E-state index is 0.00150. The topological polar surface area (TPSA) is 71.5 Å². The second-order valence-corrected chi connectivity index (χ2v) is 4.87. The van der Waals surface area contributed by atoms with Crippen LogP contribution in [0, 0.1) is 0 Å². The zero-order valence-electron chi connectivity index (χ0n) is 11.8. The molecule has 1 fully saturated rings. The van der Waals surface area contributed by atoms with Crippen LogP contribution in [0.2, 0.25) is 0 Å². The first-order valence-electron chi connectivity index (χ1n) is 6.65. The van der Waals surface area contributed by atoms with E-state index in [0.717, 1.165) is 5.56 Å². The Labute approximate surface area is 118 Å². The Kier molecular flexibility index (Phi) is 4.55. The van der Waals surface area contributed by atoms with Crippen LogP contribution in [0.1, 0.15) is 18.9 Å². The number of carbonyl (C=O) groups is 2. The van der Waals surface area contributed by atoms with Crippen LogP contribution in [0.15, 0.2) is 18.3 Å². The van der Waals surface area contributed by atoms with E-state index >= 15 is 0 Å². The second-order valence-electron chi connectivity index (χ2n) is 4.87. The van der Waals surface area contributed by atoms with Crippen molar-refractivity contribution < 1.29 is 14.3 Å². The van der Waals surface area contributed by atoms with Gasteiger partial charge in [0, 0.05) is 37.8 Å². The van der Waals surface area contributed by atoms with Crippen LogP contribution < -0.4 is 10.1 Å². The molecule has 1 N–H and O–H groups in total. The number of ether oxygens (including phenoxy) is 1. The smallest absolute Gasteiger partial charge is 0.227 e. The van der Waals surface area contributed by atoms with Gasteiger partial charge in [0.2, 0.25) is 17.7 Å². The summed E-state index contributed by atoms with van der Waals surface area (Å²) in [6.07, 6.45) is 2.27. The highest BCUT2D eigenvalue weighted by molar-refractivity contribution is 5.82. The van der Waals surface area contributed by atoms with Gasteiger partial charge in [-0.15, -0.1) is 0 Å². The lowest BCUT2D eigenvalue weighted by Gasteiger charge is -2.26. The number of nitrogens with one attached hydrogen (secondary N) is 1. The molecule has 0 radical (unpaired) electrons. The zero-order valence-corrected chi connectivity index (χ0v) is 11.8. The van der Waals surface area contributed by atoms with Crippen molar-refractivity contribution in [3.63, 3.8) is 0 Å². The summed E-state index contributed by atoms with van der Waals surface area (Å²) in [6, 6.07) is 3.48. The van der Waals surface area contributed by atoms with Crippen molar-refractivity contribution in [2.75, 3.05) is 20.2 Å². The molecule has 6 nitrogen and oxygen atoms in total. The number of hydrogen-bond donors (Lipinski definition) is 1. The largest absolute Gasteiger partial charge is 0.481 e. The van der Waals surface area contributed by atoms with Crippen molar-refractivity contribution in [1.29, 1.82) is 0 Å². The minimum Gasteiger partial charge on any atom is -0.481 e. The number of nitrogens with zero attached hydrogens (tertiary/aromatic N) is 2. The standard InChI is InChI=1S/C14H19N3O3/c1-10-7-12(18)15-5-6-17(10)14(19)9-11-3-4-16-13(8-11)20-2/h3-4,8,10H,5-7,9H2,1-2H3,(H,15,18). The van der Waals surface area contributed by atoms with Crippen LogP contribution in [0.3, 0.4) is 0 Å². The van der Waals surface area contributed by atoms with Crippen molar-refractivity contribution in [3.05, 3.63) is 23.9 Å². The Morgan fingerprint density at radius 3 is 3.15 bits per heavy atom. The summed E-state index contributed by atoms with van der Waals surface area (Å²) in [4.78, 5) is 29.6. The van der Waals surface area contributed by atoms with Crippen LogP contribution in [0.5, 0.6) is 5.88 Å². The molecule has 1 unspecified atom stereocenters. The van der Waals surface area contributed by atoms with Gasteiger partial charge >= 0.3 is 0 Å². The molecule has 1 saturated heterocycles. The molecule has 2 heterocycles. The lowest BCUT2D eigenvalue weighted by molar-refractivity contribution is -0.132. The van der Waals surface area contributed by atoms with Gasteiger partial charge in [-0.3, -0.25) is 9.59 Å². The van der Waals surface area contributed by atoms with Gasteiger partial charge in [0.15, 0.2) is 0 Å².